The van der Waals surface area contributed by atoms with Crippen LogP contribution in [-0.4, -0.2) is 18.0 Å². The number of halogens is 3. The van der Waals surface area contributed by atoms with Crippen LogP contribution in [-0.2, 0) is 11.2 Å². The van der Waals surface area contributed by atoms with Crippen molar-refractivity contribution in [1.82, 2.24) is 5.32 Å². The molecule has 118 valence electrons. The van der Waals surface area contributed by atoms with Crippen LogP contribution in [0, 0.1) is 11.6 Å². The van der Waals surface area contributed by atoms with Crippen molar-refractivity contribution < 1.29 is 13.6 Å². The standard InChI is InChI=1S/C15H20F2N2O.ClH/c16-12-5-3-4-11(14(12)17)6-7-13(20)19-15(10-18)8-1-2-9-15;/h3-5H,1-2,6-10,18H2,(H,19,20);1H. The van der Waals surface area contributed by atoms with Crippen molar-refractivity contribution in [3.05, 3.63) is 35.4 Å². The van der Waals surface area contributed by atoms with Gasteiger partial charge in [-0.25, -0.2) is 8.78 Å². The number of benzene rings is 1. The van der Waals surface area contributed by atoms with Gasteiger partial charge >= 0.3 is 0 Å². The first kappa shape index (κ1) is 17.9. The molecule has 0 radical (unpaired) electrons. The Morgan fingerprint density at radius 3 is 2.57 bits per heavy atom. The Kier molecular flexibility index (Phi) is 6.55. The number of nitrogens with two attached hydrogens (primary N) is 1. The van der Waals surface area contributed by atoms with E-state index in [2.05, 4.69) is 5.32 Å². The van der Waals surface area contributed by atoms with E-state index < -0.39 is 11.6 Å². The minimum atomic E-state index is -0.878. The van der Waals surface area contributed by atoms with E-state index in [9.17, 15) is 13.6 Å². The summed E-state index contributed by atoms with van der Waals surface area (Å²) in [7, 11) is 0. The Balaban J connectivity index is 0.00000220. The van der Waals surface area contributed by atoms with Crippen molar-refractivity contribution in [2.75, 3.05) is 6.54 Å². The molecule has 2 rings (SSSR count). The van der Waals surface area contributed by atoms with Crippen molar-refractivity contribution >= 4 is 18.3 Å². The Labute approximate surface area is 129 Å². The van der Waals surface area contributed by atoms with Gasteiger partial charge in [-0.2, -0.15) is 0 Å². The molecule has 0 unspecified atom stereocenters. The van der Waals surface area contributed by atoms with Gasteiger partial charge in [-0.15, -0.1) is 12.4 Å². The number of rotatable bonds is 5. The first-order valence-electron chi connectivity index (χ1n) is 7.00. The molecule has 1 aliphatic rings. The van der Waals surface area contributed by atoms with E-state index in [1.54, 1.807) is 0 Å². The molecular weight excluding hydrogens is 298 g/mol. The lowest BCUT2D eigenvalue weighted by atomic mass is 9.97. The summed E-state index contributed by atoms with van der Waals surface area (Å²) in [5, 5.41) is 2.97. The van der Waals surface area contributed by atoms with E-state index in [0.717, 1.165) is 31.7 Å². The van der Waals surface area contributed by atoms with Crippen molar-refractivity contribution in [1.29, 1.82) is 0 Å². The molecule has 0 heterocycles. The Morgan fingerprint density at radius 1 is 1.29 bits per heavy atom. The number of hydrogen-bond acceptors (Lipinski definition) is 2. The average Bonchev–Trinajstić information content (AvgIpc) is 2.89. The highest BCUT2D eigenvalue weighted by molar-refractivity contribution is 5.85. The lowest BCUT2D eigenvalue weighted by Crippen LogP contribution is -2.51. The molecule has 1 amide bonds. The molecule has 1 aromatic carbocycles. The summed E-state index contributed by atoms with van der Waals surface area (Å²) in [6.07, 6.45) is 4.25. The van der Waals surface area contributed by atoms with Crippen LogP contribution in [0.4, 0.5) is 8.78 Å². The number of nitrogens with one attached hydrogen (secondary N) is 1. The van der Waals surface area contributed by atoms with Gasteiger partial charge in [0.15, 0.2) is 11.6 Å². The summed E-state index contributed by atoms with van der Waals surface area (Å²) in [5.41, 5.74) is 5.68. The highest BCUT2D eigenvalue weighted by Gasteiger charge is 2.33. The lowest BCUT2D eigenvalue weighted by molar-refractivity contribution is -0.122. The van der Waals surface area contributed by atoms with Crippen LogP contribution in [0.5, 0.6) is 0 Å². The Hall–Kier alpha value is -1.20. The molecule has 3 nitrogen and oxygen atoms in total. The van der Waals surface area contributed by atoms with E-state index in [1.807, 2.05) is 0 Å². The molecule has 6 heteroatoms. The summed E-state index contributed by atoms with van der Waals surface area (Å²) >= 11 is 0. The quantitative estimate of drug-likeness (QED) is 0.877. The summed E-state index contributed by atoms with van der Waals surface area (Å²) < 4.78 is 26.5. The number of aryl methyl sites for hydroxylation is 1. The molecule has 0 atom stereocenters. The van der Waals surface area contributed by atoms with Crippen LogP contribution < -0.4 is 11.1 Å². The molecule has 0 aliphatic heterocycles. The van der Waals surface area contributed by atoms with Gasteiger partial charge in [0.1, 0.15) is 0 Å². The third kappa shape index (κ3) is 4.38. The second-order valence-corrected chi connectivity index (χ2v) is 5.45. The fourth-order valence-electron chi connectivity index (χ4n) is 2.78. The second-order valence-electron chi connectivity index (χ2n) is 5.45. The van der Waals surface area contributed by atoms with Gasteiger partial charge in [0.05, 0.1) is 5.54 Å². The Bertz CT molecular complexity index is 491. The topological polar surface area (TPSA) is 55.1 Å². The minimum absolute atomic E-state index is 0. The van der Waals surface area contributed by atoms with E-state index in [1.165, 1.54) is 12.1 Å². The zero-order valence-corrected chi connectivity index (χ0v) is 12.6. The molecule has 1 aromatic rings. The molecule has 21 heavy (non-hydrogen) atoms. The van der Waals surface area contributed by atoms with E-state index in [-0.39, 0.29) is 42.3 Å². The molecule has 0 aromatic heterocycles. The van der Waals surface area contributed by atoms with E-state index in [4.69, 9.17) is 5.73 Å². The first-order valence-corrected chi connectivity index (χ1v) is 7.00. The highest BCUT2D eigenvalue weighted by atomic mass is 35.5. The van der Waals surface area contributed by atoms with Crippen LogP contribution >= 0.6 is 12.4 Å². The van der Waals surface area contributed by atoms with Gasteiger partial charge in [0.25, 0.3) is 0 Å². The highest BCUT2D eigenvalue weighted by Crippen LogP contribution is 2.28. The molecule has 1 saturated carbocycles. The SMILES string of the molecule is Cl.NCC1(NC(=O)CCc2cccc(F)c2F)CCCC1. The fourth-order valence-corrected chi connectivity index (χ4v) is 2.78. The first-order chi connectivity index (χ1) is 9.56. The maximum absolute atomic E-state index is 13.5. The maximum atomic E-state index is 13.5. The minimum Gasteiger partial charge on any atom is -0.349 e. The lowest BCUT2D eigenvalue weighted by Gasteiger charge is -2.28. The molecule has 1 fully saturated rings. The van der Waals surface area contributed by atoms with E-state index in [0.29, 0.717) is 6.54 Å². The zero-order valence-electron chi connectivity index (χ0n) is 11.8. The monoisotopic (exact) mass is 318 g/mol. The largest absolute Gasteiger partial charge is 0.349 e. The molecule has 1 aliphatic carbocycles. The van der Waals surface area contributed by atoms with Crippen molar-refractivity contribution in [3.63, 3.8) is 0 Å². The van der Waals surface area contributed by atoms with Gasteiger partial charge in [-0.1, -0.05) is 25.0 Å². The molecule has 0 spiro atoms. The third-order valence-corrected chi connectivity index (χ3v) is 4.01. The average molecular weight is 319 g/mol. The maximum Gasteiger partial charge on any atom is 0.220 e. The van der Waals surface area contributed by atoms with Crippen LogP contribution in [0.1, 0.15) is 37.7 Å². The zero-order chi connectivity index (χ0) is 14.6. The summed E-state index contributed by atoms with van der Waals surface area (Å²) in [6, 6.07) is 4.02. The fraction of sp³-hybridized carbons (Fsp3) is 0.533. The number of carbonyl (C=O) groups excluding carboxylic acids is 1. The molecule has 0 saturated heterocycles. The van der Waals surface area contributed by atoms with Gasteiger partial charge in [0.2, 0.25) is 5.91 Å². The normalized spacial score (nSPS) is 16.3. The van der Waals surface area contributed by atoms with Gasteiger partial charge in [-0.3, -0.25) is 4.79 Å². The Morgan fingerprint density at radius 2 is 1.95 bits per heavy atom. The van der Waals surface area contributed by atoms with Crippen LogP contribution in [0.3, 0.4) is 0 Å². The van der Waals surface area contributed by atoms with Crippen LogP contribution in [0.15, 0.2) is 18.2 Å². The molecule has 3 N–H and O–H groups in total. The van der Waals surface area contributed by atoms with Gasteiger partial charge in [-0.05, 0) is 30.9 Å². The predicted molar refractivity (Wildman–Crippen MR) is 80.3 cm³/mol. The number of carbonyl (C=O) groups is 1. The third-order valence-electron chi connectivity index (χ3n) is 4.01. The van der Waals surface area contributed by atoms with Crippen LogP contribution in [0.25, 0.3) is 0 Å². The summed E-state index contributed by atoms with van der Waals surface area (Å²) in [6.45, 7) is 0.424. The molecular formula is C15H21ClF2N2O. The van der Waals surface area contributed by atoms with E-state index >= 15 is 0 Å². The predicted octanol–water partition coefficient (Wildman–Crippen LogP) is 2.71. The summed E-state index contributed by atoms with van der Waals surface area (Å²) in [4.78, 5) is 11.9. The number of amides is 1. The molecule has 0 bridgehead atoms. The van der Waals surface area contributed by atoms with Gasteiger partial charge in [0, 0.05) is 13.0 Å². The van der Waals surface area contributed by atoms with Crippen molar-refractivity contribution in [2.45, 2.75) is 44.1 Å². The number of hydrogen-bond donors (Lipinski definition) is 2. The summed E-state index contributed by atoms with van der Waals surface area (Å²) in [5.74, 6) is -1.90. The van der Waals surface area contributed by atoms with Crippen molar-refractivity contribution in [3.8, 4) is 0 Å². The van der Waals surface area contributed by atoms with Crippen molar-refractivity contribution in [2.24, 2.45) is 5.73 Å². The second kappa shape index (κ2) is 7.71. The van der Waals surface area contributed by atoms with Crippen LogP contribution in [0.2, 0.25) is 0 Å². The smallest absolute Gasteiger partial charge is 0.220 e. The van der Waals surface area contributed by atoms with Gasteiger partial charge < -0.3 is 11.1 Å².